The Hall–Kier alpha value is -2.81. The Labute approximate surface area is 215 Å². The maximum Gasteiger partial charge on any atom is 0.331 e. The zero-order valence-electron chi connectivity index (χ0n) is 21.0. The Balaban J connectivity index is 1.70. The van der Waals surface area contributed by atoms with Crippen LogP contribution in [0.4, 0.5) is 0 Å². The van der Waals surface area contributed by atoms with Crippen molar-refractivity contribution in [2.24, 2.45) is 11.8 Å². The summed E-state index contributed by atoms with van der Waals surface area (Å²) in [6, 6.07) is 17.4. The van der Waals surface area contributed by atoms with Crippen LogP contribution >= 0.6 is 0 Å². The molecule has 3 aromatic rings. The minimum absolute atomic E-state index is 0.191. The van der Waals surface area contributed by atoms with E-state index < -0.39 is 22.8 Å². The lowest BCUT2D eigenvalue weighted by Gasteiger charge is -2.38. The fourth-order valence-corrected chi connectivity index (χ4v) is 5.89. The highest BCUT2D eigenvalue weighted by molar-refractivity contribution is 7.77. The largest absolute Gasteiger partial charge is 0.760 e. The molecular formula is C28H33N2O5S-. The van der Waals surface area contributed by atoms with E-state index in [2.05, 4.69) is 18.6 Å². The van der Waals surface area contributed by atoms with Crippen molar-refractivity contribution in [3.05, 3.63) is 71.4 Å². The van der Waals surface area contributed by atoms with E-state index in [4.69, 9.17) is 14.5 Å². The molecule has 1 aliphatic rings. The Morgan fingerprint density at radius 1 is 1.17 bits per heavy atom. The maximum absolute atomic E-state index is 13.2. The van der Waals surface area contributed by atoms with Gasteiger partial charge < -0.3 is 14.0 Å². The van der Waals surface area contributed by atoms with Crippen molar-refractivity contribution in [1.82, 2.24) is 9.71 Å². The molecular weight excluding hydrogens is 476 g/mol. The molecule has 36 heavy (non-hydrogen) atoms. The predicted octanol–water partition coefficient (Wildman–Crippen LogP) is 4.95. The van der Waals surface area contributed by atoms with E-state index in [1.54, 1.807) is 6.07 Å². The van der Waals surface area contributed by atoms with Gasteiger partial charge in [-0.1, -0.05) is 57.0 Å². The second-order valence-corrected chi connectivity index (χ2v) is 10.5. The van der Waals surface area contributed by atoms with E-state index in [0.29, 0.717) is 30.3 Å². The number of ether oxygens (including phenoxy) is 2. The smallest absolute Gasteiger partial charge is 0.331 e. The van der Waals surface area contributed by atoms with Crippen LogP contribution in [0.3, 0.4) is 0 Å². The number of hydrogen-bond acceptors (Lipinski definition) is 6. The van der Waals surface area contributed by atoms with Crippen molar-refractivity contribution in [2.45, 2.75) is 58.1 Å². The van der Waals surface area contributed by atoms with Crippen molar-refractivity contribution in [2.75, 3.05) is 7.11 Å². The number of nitrogens with one attached hydrogen (secondary N) is 1. The van der Waals surface area contributed by atoms with Crippen LogP contribution in [0.5, 0.6) is 5.75 Å². The zero-order chi connectivity index (χ0) is 25.7. The molecule has 0 radical (unpaired) electrons. The van der Waals surface area contributed by atoms with Crippen LogP contribution in [0.25, 0.3) is 10.9 Å². The van der Waals surface area contributed by atoms with Gasteiger partial charge in [-0.25, -0.2) is 14.5 Å². The number of para-hydroxylation sites is 1. The third-order valence-corrected chi connectivity index (χ3v) is 7.38. The van der Waals surface area contributed by atoms with Gasteiger partial charge in [0.25, 0.3) is 0 Å². The van der Waals surface area contributed by atoms with Crippen LogP contribution in [0.2, 0.25) is 0 Å². The number of nitrogens with zero attached hydrogens (tertiary/aromatic N) is 1. The van der Waals surface area contributed by atoms with Gasteiger partial charge in [-0.15, -0.1) is 0 Å². The molecule has 1 N–H and O–H groups in total. The third-order valence-electron chi connectivity index (χ3n) is 6.89. The van der Waals surface area contributed by atoms with Gasteiger partial charge in [0.15, 0.2) is 5.54 Å². The standard InChI is InChI=1S/C28H34N2O5S/c1-19(2)16-21-17-23(28(27(31)34-3,30-36(32)33)22-9-5-6-10-22)13-15-26(21)35-18-24-14-12-20-8-4-7-11-25(20)29-24/h4,7-8,11-15,17,19,22,30H,5-6,9-10,16,18H2,1-3H3,(H,32,33)/p-1. The molecule has 1 saturated carbocycles. The zero-order valence-corrected chi connectivity index (χ0v) is 21.8. The van der Waals surface area contributed by atoms with E-state index in [1.165, 1.54) is 7.11 Å². The fourth-order valence-electron chi connectivity index (χ4n) is 5.26. The summed E-state index contributed by atoms with van der Waals surface area (Å²) in [4.78, 5) is 17.9. The number of carbonyl (C=O) groups is 1. The SMILES string of the molecule is COC(=O)C(NS(=O)[O-])(c1ccc(OCc2ccc3ccccc3n2)c(CC(C)C)c1)C1CCCC1. The number of rotatable bonds is 10. The number of carbonyl (C=O) groups excluding carboxylic acids is 1. The summed E-state index contributed by atoms with van der Waals surface area (Å²) >= 11 is -2.66. The molecule has 1 fully saturated rings. The number of fused-ring (bicyclic) bond motifs is 1. The third kappa shape index (κ3) is 5.61. The molecule has 1 heterocycles. The van der Waals surface area contributed by atoms with Gasteiger partial charge in [0.05, 0.1) is 18.3 Å². The molecule has 2 atom stereocenters. The molecule has 0 amide bonds. The number of pyridine rings is 1. The summed E-state index contributed by atoms with van der Waals surface area (Å²) in [5.41, 5.74) is 1.74. The highest BCUT2D eigenvalue weighted by atomic mass is 32.2. The van der Waals surface area contributed by atoms with Gasteiger partial charge in [0.2, 0.25) is 0 Å². The fraction of sp³-hybridized carbons (Fsp3) is 0.429. The molecule has 7 nitrogen and oxygen atoms in total. The number of aromatic nitrogens is 1. The molecule has 0 spiro atoms. The van der Waals surface area contributed by atoms with Crippen LogP contribution in [0.15, 0.2) is 54.6 Å². The van der Waals surface area contributed by atoms with Gasteiger partial charge in [0, 0.05) is 16.7 Å². The Kier molecular flexibility index (Phi) is 8.39. The van der Waals surface area contributed by atoms with Gasteiger partial charge >= 0.3 is 5.97 Å². The first-order valence-electron chi connectivity index (χ1n) is 12.4. The van der Waals surface area contributed by atoms with Crippen molar-refractivity contribution in [3.8, 4) is 5.75 Å². The van der Waals surface area contributed by atoms with E-state index in [-0.39, 0.29) is 5.92 Å². The van der Waals surface area contributed by atoms with Crippen LogP contribution < -0.4 is 9.46 Å². The second-order valence-electron chi connectivity index (χ2n) is 9.82. The Bertz CT molecular complexity index is 1240. The molecule has 2 unspecified atom stereocenters. The average molecular weight is 510 g/mol. The summed E-state index contributed by atoms with van der Waals surface area (Å²) in [5.74, 6) is 0.226. The number of benzene rings is 2. The monoisotopic (exact) mass is 509 g/mol. The number of esters is 1. The summed E-state index contributed by atoms with van der Waals surface area (Å²) in [5, 5.41) is 1.07. The van der Waals surface area contributed by atoms with Crippen LogP contribution in [-0.4, -0.2) is 26.8 Å². The lowest BCUT2D eigenvalue weighted by Crippen LogP contribution is -2.55. The van der Waals surface area contributed by atoms with Crippen LogP contribution in [0, 0.1) is 11.8 Å². The second kappa shape index (κ2) is 11.5. The molecule has 4 rings (SSSR count). The van der Waals surface area contributed by atoms with Gasteiger partial charge in [-0.3, -0.25) is 4.21 Å². The lowest BCUT2D eigenvalue weighted by atomic mass is 9.77. The van der Waals surface area contributed by atoms with Crippen molar-refractivity contribution < 1.29 is 23.0 Å². The van der Waals surface area contributed by atoms with E-state index in [0.717, 1.165) is 47.8 Å². The molecule has 0 bridgehead atoms. The number of hydrogen-bond donors (Lipinski definition) is 1. The van der Waals surface area contributed by atoms with Gasteiger partial charge in [0.1, 0.15) is 12.4 Å². The van der Waals surface area contributed by atoms with E-state index in [9.17, 15) is 13.6 Å². The summed E-state index contributed by atoms with van der Waals surface area (Å²) in [6.07, 6.45) is 4.07. The molecule has 0 saturated heterocycles. The topological polar surface area (TPSA) is 101 Å². The first-order chi connectivity index (χ1) is 17.3. The van der Waals surface area contributed by atoms with Crippen LogP contribution in [-0.2, 0) is 39.4 Å². The minimum atomic E-state index is -2.66. The van der Waals surface area contributed by atoms with Crippen molar-refractivity contribution in [1.29, 1.82) is 0 Å². The Morgan fingerprint density at radius 2 is 1.92 bits per heavy atom. The van der Waals surface area contributed by atoms with Crippen LogP contribution in [0.1, 0.15) is 56.4 Å². The molecule has 2 aromatic carbocycles. The van der Waals surface area contributed by atoms with Crippen molar-refractivity contribution >= 4 is 28.1 Å². The molecule has 1 aromatic heterocycles. The average Bonchev–Trinajstić information content (AvgIpc) is 3.41. The van der Waals surface area contributed by atoms with Gasteiger partial charge in [-0.05, 0) is 66.5 Å². The molecule has 8 heteroatoms. The number of methoxy groups -OCH3 is 1. The molecule has 1 aliphatic carbocycles. The van der Waals surface area contributed by atoms with E-state index >= 15 is 0 Å². The lowest BCUT2D eigenvalue weighted by molar-refractivity contribution is -0.151. The first kappa shape index (κ1) is 26.3. The van der Waals surface area contributed by atoms with Crippen molar-refractivity contribution in [3.63, 3.8) is 0 Å². The maximum atomic E-state index is 13.2. The quantitative estimate of drug-likeness (QED) is 0.306. The summed E-state index contributed by atoms with van der Waals surface area (Å²) in [6.45, 7) is 4.51. The summed E-state index contributed by atoms with van der Waals surface area (Å²) in [7, 11) is 1.30. The molecule has 0 aliphatic heterocycles. The highest BCUT2D eigenvalue weighted by Crippen LogP contribution is 2.43. The first-order valence-corrected chi connectivity index (χ1v) is 13.5. The summed E-state index contributed by atoms with van der Waals surface area (Å²) < 4.78 is 37.7. The van der Waals surface area contributed by atoms with E-state index in [1.807, 2.05) is 48.5 Å². The Morgan fingerprint density at radius 3 is 2.61 bits per heavy atom. The predicted molar refractivity (Wildman–Crippen MR) is 139 cm³/mol. The van der Waals surface area contributed by atoms with Gasteiger partial charge in [-0.2, -0.15) is 0 Å². The molecule has 192 valence electrons. The normalized spacial score (nSPS) is 16.7. The minimum Gasteiger partial charge on any atom is -0.760 e. The highest BCUT2D eigenvalue weighted by Gasteiger charge is 2.49.